The van der Waals surface area contributed by atoms with Crippen LogP contribution in [-0.4, -0.2) is 11.7 Å². The van der Waals surface area contributed by atoms with Crippen LogP contribution in [0.15, 0.2) is 41.0 Å². The Balaban J connectivity index is 1.80. The quantitative estimate of drug-likeness (QED) is 0.902. The molecule has 0 unspecified atom stereocenters. The van der Waals surface area contributed by atoms with Crippen molar-refractivity contribution in [2.45, 2.75) is 12.7 Å². The minimum Gasteiger partial charge on any atom is -0.468 e. The number of hydrogen-bond acceptors (Lipinski definition) is 3. The molecule has 100 valence electrons. The lowest BCUT2D eigenvalue weighted by molar-refractivity contribution is -0.113. The summed E-state index contributed by atoms with van der Waals surface area (Å²) < 4.78 is 5.19. The van der Waals surface area contributed by atoms with Gasteiger partial charge >= 0.3 is 0 Å². The Morgan fingerprint density at radius 1 is 1.42 bits per heavy atom. The summed E-state index contributed by atoms with van der Waals surface area (Å²) in [5.41, 5.74) is 1.71. The van der Waals surface area contributed by atoms with Gasteiger partial charge in [0.1, 0.15) is 5.76 Å². The Morgan fingerprint density at radius 3 is 2.95 bits per heavy atom. The van der Waals surface area contributed by atoms with Crippen LogP contribution < -0.4 is 5.32 Å². The highest BCUT2D eigenvalue weighted by molar-refractivity contribution is 7.99. The fourth-order valence-electron chi connectivity index (χ4n) is 1.55. The number of amides is 1. The number of anilines is 1. The van der Waals surface area contributed by atoms with Gasteiger partial charge in [-0.15, -0.1) is 11.8 Å². The molecule has 0 fully saturated rings. The SMILES string of the molecule is Cc1ccc(NC(=O)CSCc2ccco2)c(Cl)c1. The molecule has 1 aromatic heterocycles. The molecule has 5 heteroatoms. The number of benzene rings is 1. The second-order valence-electron chi connectivity index (χ2n) is 4.10. The van der Waals surface area contributed by atoms with Crippen LogP contribution in [0.25, 0.3) is 0 Å². The number of hydrogen-bond donors (Lipinski definition) is 1. The Bertz CT molecular complexity index is 555. The monoisotopic (exact) mass is 295 g/mol. The predicted molar refractivity (Wildman–Crippen MR) is 79.7 cm³/mol. The molecule has 0 atom stereocenters. The number of carbonyl (C=O) groups is 1. The predicted octanol–water partition coefficient (Wildman–Crippen LogP) is 4.11. The van der Waals surface area contributed by atoms with E-state index in [0.717, 1.165) is 11.3 Å². The number of nitrogens with one attached hydrogen (secondary N) is 1. The van der Waals surface area contributed by atoms with Crippen LogP contribution in [-0.2, 0) is 10.5 Å². The lowest BCUT2D eigenvalue weighted by Crippen LogP contribution is -2.14. The molecule has 2 aromatic rings. The van der Waals surface area contributed by atoms with E-state index in [9.17, 15) is 4.79 Å². The summed E-state index contributed by atoms with van der Waals surface area (Å²) in [7, 11) is 0. The molecule has 0 aliphatic heterocycles. The van der Waals surface area contributed by atoms with Gasteiger partial charge < -0.3 is 9.73 Å². The first-order valence-electron chi connectivity index (χ1n) is 5.81. The summed E-state index contributed by atoms with van der Waals surface area (Å²) in [4.78, 5) is 11.8. The van der Waals surface area contributed by atoms with E-state index in [-0.39, 0.29) is 5.91 Å². The van der Waals surface area contributed by atoms with E-state index in [0.29, 0.717) is 22.2 Å². The molecule has 0 saturated heterocycles. The second-order valence-corrected chi connectivity index (χ2v) is 5.50. The lowest BCUT2D eigenvalue weighted by Gasteiger charge is -2.07. The van der Waals surface area contributed by atoms with E-state index in [4.69, 9.17) is 16.0 Å². The number of aryl methyl sites for hydroxylation is 1. The van der Waals surface area contributed by atoms with Gasteiger partial charge in [-0.2, -0.15) is 0 Å². The van der Waals surface area contributed by atoms with Gasteiger partial charge in [-0.05, 0) is 36.8 Å². The zero-order chi connectivity index (χ0) is 13.7. The first kappa shape index (κ1) is 14.0. The van der Waals surface area contributed by atoms with Crippen molar-refractivity contribution in [3.8, 4) is 0 Å². The highest BCUT2D eigenvalue weighted by Crippen LogP contribution is 2.23. The first-order valence-corrected chi connectivity index (χ1v) is 7.34. The number of thioether (sulfide) groups is 1. The molecule has 19 heavy (non-hydrogen) atoms. The summed E-state index contributed by atoms with van der Waals surface area (Å²) in [6.07, 6.45) is 1.63. The van der Waals surface area contributed by atoms with E-state index in [1.165, 1.54) is 11.8 Å². The van der Waals surface area contributed by atoms with Crippen molar-refractivity contribution in [3.05, 3.63) is 52.9 Å². The maximum Gasteiger partial charge on any atom is 0.234 e. The first-order chi connectivity index (χ1) is 9.15. The largest absolute Gasteiger partial charge is 0.468 e. The summed E-state index contributed by atoms with van der Waals surface area (Å²) in [6.45, 7) is 1.96. The molecule has 2 rings (SSSR count). The number of halogens is 1. The third-order valence-electron chi connectivity index (χ3n) is 2.46. The summed E-state index contributed by atoms with van der Waals surface area (Å²) in [5.74, 6) is 1.85. The summed E-state index contributed by atoms with van der Waals surface area (Å²) in [5, 5.41) is 3.35. The Morgan fingerprint density at radius 2 is 2.26 bits per heavy atom. The van der Waals surface area contributed by atoms with Crippen LogP contribution in [0.1, 0.15) is 11.3 Å². The molecular formula is C14H14ClNO2S. The topological polar surface area (TPSA) is 42.2 Å². The van der Waals surface area contributed by atoms with E-state index in [1.54, 1.807) is 6.26 Å². The Kier molecular flexibility index (Phi) is 4.93. The van der Waals surface area contributed by atoms with E-state index in [1.807, 2.05) is 37.3 Å². The molecule has 0 aliphatic carbocycles. The standard InChI is InChI=1S/C14H14ClNO2S/c1-10-4-5-13(12(15)7-10)16-14(17)9-19-8-11-3-2-6-18-11/h2-7H,8-9H2,1H3,(H,16,17). The molecular weight excluding hydrogens is 282 g/mol. The Labute approximate surface area is 121 Å². The molecule has 0 radical (unpaired) electrons. The van der Waals surface area contributed by atoms with Crippen molar-refractivity contribution in [3.63, 3.8) is 0 Å². The smallest absolute Gasteiger partial charge is 0.234 e. The van der Waals surface area contributed by atoms with Gasteiger partial charge in [0.2, 0.25) is 5.91 Å². The highest BCUT2D eigenvalue weighted by Gasteiger charge is 2.06. The number of carbonyl (C=O) groups excluding carboxylic acids is 1. The maximum absolute atomic E-state index is 11.8. The highest BCUT2D eigenvalue weighted by atomic mass is 35.5. The third kappa shape index (κ3) is 4.33. The lowest BCUT2D eigenvalue weighted by atomic mass is 10.2. The molecule has 1 heterocycles. The van der Waals surface area contributed by atoms with E-state index >= 15 is 0 Å². The average molecular weight is 296 g/mol. The molecule has 0 spiro atoms. The molecule has 3 nitrogen and oxygen atoms in total. The van der Waals surface area contributed by atoms with Gasteiger partial charge in [-0.1, -0.05) is 17.7 Å². The van der Waals surface area contributed by atoms with Crippen LogP contribution >= 0.6 is 23.4 Å². The zero-order valence-corrected chi connectivity index (χ0v) is 12.1. The molecule has 1 amide bonds. The van der Waals surface area contributed by atoms with Gasteiger partial charge in [0.15, 0.2) is 0 Å². The van der Waals surface area contributed by atoms with Crippen molar-refractivity contribution >= 4 is 35.0 Å². The Hall–Kier alpha value is -1.39. The summed E-state index contributed by atoms with van der Waals surface area (Å²) >= 11 is 7.55. The van der Waals surface area contributed by atoms with Gasteiger partial charge in [0, 0.05) is 0 Å². The number of rotatable bonds is 5. The van der Waals surface area contributed by atoms with Crippen LogP contribution in [0.5, 0.6) is 0 Å². The number of furan rings is 1. The van der Waals surface area contributed by atoms with Crippen molar-refractivity contribution in [2.24, 2.45) is 0 Å². The average Bonchev–Trinajstić information content (AvgIpc) is 2.86. The molecule has 1 aromatic carbocycles. The van der Waals surface area contributed by atoms with E-state index < -0.39 is 0 Å². The zero-order valence-electron chi connectivity index (χ0n) is 10.5. The molecule has 0 bridgehead atoms. The van der Waals surface area contributed by atoms with Gasteiger partial charge in [-0.3, -0.25) is 4.79 Å². The summed E-state index contributed by atoms with van der Waals surface area (Å²) in [6, 6.07) is 9.28. The molecule has 0 saturated carbocycles. The van der Waals surface area contributed by atoms with Crippen LogP contribution in [0.2, 0.25) is 5.02 Å². The van der Waals surface area contributed by atoms with E-state index in [2.05, 4.69) is 5.32 Å². The third-order valence-corrected chi connectivity index (χ3v) is 3.72. The van der Waals surface area contributed by atoms with Crippen LogP contribution in [0, 0.1) is 6.92 Å². The molecule has 0 aliphatic rings. The van der Waals surface area contributed by atoms with Gasteiger partial charge in [0.05, 0.1) is 28.5 Å². The van der Waals surface area contributed by atoms with Crippen LogP contribution in [0.3, 0.4) is 0 Å². The van der Waals surface area contributed by atoms with Crippen molar-refractivity contribution in [1.82, 2.24) is 0 Å². The minimum atomic E-state index is -0.0673. The molecule has 1 N–H and O–H groups in total. The minimum absolute atomic E-state index is 0.0673. The van der Waals surface area contributed by atoms with Gasteiger partial charge in [-0.25, -0.2) is 0 Å². The van der Waals surface area contributed by atoms with Crippen molar-refractivity contribution in [2.75, 3.05) is 11.1 Å². The van der Waals surface area contributed by atoms with Crippen molar-refractivity contribution in [1.29, 1.82) is 0 Å². The van der Waals surface area contributed by atoms with Crippen molar-refractivity contribution < 1.29 is 9.21 Å². The van der Waals surface area contributed by atoms with Gasteiger partial charge in [0.25, 0.3) is 0 Å². The maximum atomic E-state index is 11.8. The fraction of sp³-hybridized carbons (Fsp3) is 0.214. The second kappa shape index (κ2) is 6.68. The van der Waals surface area contributed by atoms with Crippen LogP contribution in [0.4, 0.5) is 5.69 Å². The normalized spacial score (nSPS) is 10.4. The fourth-order valence-corrected chi connectivity index (χ4v) is 2.55.